The predicted molar refractivity (Wildman–Crippen MR) is 55.3 cm³/mol. The van der Waals surface area contributed by atoms with E-state index < -0.39 is 0 Å². The van der Waals surface area contributed by atoms with Crippen LogP contribution in [0, 0.1) is 17.3 Å². The van der Waals surface area contributed by atoms with Gasteiger partial charge in [-0.25, -0.2) is 0 Å². The van der Waals surface area contributed by atoms with Crippen LogP contribution in [0.25, 0.3) is 0 Å². The minimum Gasteiger partial charge on any atom is -0.393 e. The van der Waals surface area contributed by atoms with Gasteiger partial charge >= 0.3 is 0 Å². The SMILES string of the molecule is CC(C)(C)C1CCC(CN)C(O)C1. The van der Waals surface area contributed by atoms with E-state index in [1.54, 1.807) is 0 Å². The van der Waals surface area contributed by atoms with Crippen molar-refractivity contribution in [3.8, 4) is 0 Å². The second-order valence-corrected chi connectivity index (χ2v) is 5.44. The quantitative estimate of drug-likeness (QED) is 0.654. The lowest BCUT2D eigenvalue weighted by atomic mass is 9.69. The number of aliphatic hydroxyl groups is 1. The maximum atomic E-state index is 9.82. The maximum Gasteiger partial charge on any atom is 0.0583 e. The molecule has 0 aromatic rings. The van der Waals surface area contributed by atoms with E-state index in [-0.39, 0.29) is 6.10 Å². The lowest BCUT2D eigenvalue weighted by Gasteiger charge is -2.39. The molecule has 2 nitrogen and oxygen atoms in total. The molecule has 0 amide bonds. The number of aliphatic hydroxyl groups excluding tert-OH is 1. The van der Waals surface area contributed by atoms with E-state index in [1.807, 2.05) is 0 Å². The van der Waals surface area contributed by atoms with Gasteiger partial charge in [-0.3, -0.25) is 0 Å². The number of nitrogens with two attached hydrogens (primary N) is 1. The topological polar surface area (TPSA) is 46.2 Å². The van der Waals surface area contributed by atoms with Gasteiger partial charge in [0.1, 0.15) is 0 Å². The fraction of sp³-hybridized carbons (Fsp3) is 1.00. The summed E-state index contributed by atoms with van der Waals surface area (Å²) >= 11 is 0. The van der Waals surface area contributed by atoms with Gasteiger partial charge in [0.05, 0.1) is 6.10 Å². The third-order valence-electron chi connectivity index (χ3n) is 3.48. The van der Waals surface area contributed by atoms with Crippen LogP contribution < -0.4 is 5.73 Å². The second-order valence-electron chi connectivity index (χ2n) is 5.44. The molecule has 2 heteroatoms. The molecule has 0 aromatic carbocycles. The normalized spacial score (nSPS) is 36.2. The summed E-state index contributed by atoms with van der Waals surface area (Å²) in [4.78, 5) is 0. The Kier molecular flexibility index (Phi) is 3.36. The molecule has 1 saturated carbocycles. The van der Waals surface area contributed by atoms with Crippen molar-refractivity contribution in [3.05, 3.63) is 0 Å². The first-order valence-corrected chi connectivity index (χ1v) is 5.33. The van der Waals surface area contributed by atoms with Crippen LogP contribution in [0.1, 0.15) is 40.0 Å². The van der Waals surface area contributed by atoms with Gasteiger partial charge in [0, 0.05) is 0 Å². The van der Waals surface area contributed by atoms with E-state index >= 15 is 0 Å². The molecular weight excluding hydrogens is 162 g/mol. The zero-order chi connectivity index (χ0) is 10.1. The Morgan fingerprint density at radius 2 is 1.92 bits per heavy atom. The van der Waals surface area contributed by atoms with Crippen molar-refractivity contribution in [2.75, 3.05) is 6.54 Å². The maximum absolute atomic E-state index is 9.82. The lowest BCUT2D eigenvalue weighted by molar-refractivity contribution is 0.0167. The van der Waals surface area contributed by atoms with Crippen LogP contribution in [-0.4, -0.2) is 17.8 Å². The van der Waals surface area contributed by atoms with Gasteiger partial charge in [-0.05, 0) is 43.1 Å². The Hall–Kier alpha value is -0.0800. The molecule has 3 N–H and O–H groups in total. The van der Waals surface area contributed by atoms with E-state index in [4.69, 9.17) is 5.73 Å². The Bertz CT molecular complexity index is 162. The average Bonchev–Trinajstić information content (AvgIpc) is 2.02. The summed E-state index contributed by atoms with van der Waals surface area (Å²) in [5.74, 6) is 1.00. The predicted octanol–water partition coefficient (Wildman–Crippen LogP) is 1.77. The smallest absolute Gasteiger partial charge is 0.0583 e. The highest BCUT2D eigenvalue weighted by atomic mass is 16.3. The van der Waals surface area contributed by atoms with Gasteiger partial charge in [-0.1, -0.05) is 20.8 Å². The molecule has 3 atom stereocenters. The summed E-state index contributed by atoms with van der Waals surface area (Å²) in [5, 5.41) is 9.82. The molecule has 0 bridgehead atoms. The molecule has 0 heterocycles. The highest BCUT2D eigenvalue weighted by Crippen LogP contribution is 2.39. The van der Waals surface area contributed by atoms with Crippen LogP contribution in [0.2, 0.25) is 0 Å². The molecule has 0 aliphatic heterocycles. The molecule has 0 saturated heterocycles. The highest BCUT2D eigenvalue weighted by Gasteiger charge is 2.34. The van der Waals surface area contributed by atoms with Gasteiger partial charge in [0.15, 0.2) is 0 Å². The summed E-state index contributed by atoms with van der Waals surface area (Å²) in [6.07, 6.45) is 3.09. The molecular formula is C11H23NO. The van der Waals surface area contributed by atoms with Crippen molar-refractivity contribution in [1.82, 2.24) is 0 Å². The molecule has 1 aliphatic rings. The van der Waals surface area contributed by atoms with E-state index in [0.717, 1.165) is 12.8 Å². The van der Waals surface area contributed by atoms with Gasteiger partial charge in [-0.15, -0.1) is 0 Å². The molecule has 13 heavy (non-hydrogen) atoms. The standard InChI is InChI=1S/C11H23NO/c1-11(2,3)9-5-4-8(7-12)10(13)6-9/h8-10,13H,4-7,12H2,1-3H3. The lowest BCUT2D eigenvalue weighted by Crippen LogP contribution is -2.38. The monoisotopic (exact) mass is 185 g/mol. The van der Waals surface area contributed by atoms with Gasteiger partial charge in [0.25, 0.3) is 0 Å². The van der Waals surface area contributed by atoms with E-state index in [1.165, 1.54) is 6.42 Å². The molecule has 0 aromatic heterocycles. The summed E-state index contributed by atoms with van der Waals surface area (Å²) in [7, 11) is 0. The third-order valence-corrected chi connectivity index (χ3v) is 3.48. The van der Waals surface area contributed by atoms with Crippen molar-refractivity contribution in [1.29, 1.82) is 0 Å². The van der Waals surface area contributed by atoms with Gasteiger partial charge in [0.2, 0.25) is 0 Å². The van der Waals surface area contributed by atoms with E-state index in [0.29, 0.717) is 23.8 Å². The zero-order valence-electron chi connectivity index (χ0n) is 9.09. The number of hydrogen-bond acceptors (Lipinski definition) is 2. The average molecular weight is 185 g/mol. The molecule has 3 unspecified atom stereocenters. The summed E-state index contributed by atoms with van der Waals surface area (Å²) in [5.41, 5.74) is 5.92. The Balaban J connectivity index is 2.51. The fourth-order valence-corrected chi connectivity index (χ4v) is 2.27. The van der Waals surface area contributed by atoms with Crippen molar-refractivity contribution >= 4 is 0 Å². The van der Waals surface area contributed by atoms with Crippen molar-refractivity contribution < 1.29 is 5.11 Å². The minimum absolute atomic E-state index is 0.164. The Labute approximate surface area is 81.5 Å². The molecule has 1 fully saturated rings. The number of rotatable bonds is 1. The summed E-state index contributed by atoms with van der Waals surface area (Å²) in [6, 6.07) is 0. The van der Waals surface area contributed by atoms with Crippen LogP contribution in [0.5, 0.6) is 0 Å². The van der Waals surface area contributed by atoms with Crippen LogP contribution in [0.4, 0.5) is 0 Å². The van der Waals surface area contributed by atoms with Crippen molar-refractivity contribution in [2.45, 2.75) is 46.1 Å². The zero-order valence-corrected chi connectivity index (χ0v) is 9.09. The molecule has 0 radical (unpaired) electrons. The number of hydrogen-bond donors (Lipinski definition) is 2. The molecule has 1 rings (SSSR count). The fourth-order valence-electron chi connectivity index (χ4n) is 2.27. The summed E-state index contributed by atoms with van der Waals surface area (Å²) < 4.78 is 0. The largest absolute Gasteiger partial charge is 0.393 e. The first-order chi connectivity index (χ1) is 5.95. The van der Waals surface area contributed by atoms with Crippen LogP contribution in [0.3, 0.4) is 0 Å². The van der Waals surface area contributed by atoms with Gasteiger partial charge < -0.3 is 10.8 Å². The van der Waals surface area contributed by atoms with Gasteiger partial charge in [-0.2, -0.15) is 0 Å². The molecule has 0 spiro atoms. The van der Waals surface area contributed by atoms with Crippen molar-refractivity contribution in [3.63, 3.8) is 0 Å². The first-order valence-electron chi connectivity index (χ1n) is 5.33. The van der Waals surface area contributed by atoms with Crippen LogP contribution in [0.15, 0.2) is 0 Å². The molecule has 1 aliphatic carbocycles. The Morgan fingerprint density at radius 3 is 2.31 bits per heavy atom. The van der Waals surface area contributed by atoms with E-state index in [2.05, 4.69) is 20.8 Å². The highest BCUT2D eigenvalue weighted by molar-refractivity contribution is 4.85. The summed E-state index contributed by atoms with van der Waals surface area (Å²) in [6.45, 7) is 7.41. The van der Waals surface area contributed by atoms with Crippen molar-refractivity contribution in [2.24, 2.45) is 23.0 Å². The first kappa shape index (κ1) is 11.0. The second kappa shape index (κ2) is 3.97. The third kappa shape index (κ3) is 2.68. The Morgan fingerprint density at radius 1 is 1.31 bits per heavy atom. The van der Waals surface area contributed by atoms with E-state index in [9.17, 15) is 5.11 Å². The van der Waals surface area contributed by atoms with Crippen LogP contribution in [-0.2, 0) is 0 Å². The molecule has 78 valence electrons. The van der Waals surface area contributed by atoms with Crippen LogP contribution >= 0.6 is 0 Å². The minimum atomic E-state index is -0.164.